The molecule has 2 N–H and O–H groups in total. The molecule has 0 spiro atoms. The molecule has 1 heterocycles. The summed E-state index contributed by atoms with van der Waals surface area (Å²) in [7, 11) is -2.20. The Morgan fingerprint density at radius 2 is 1.66 bits per heavy atom. The number of hydrogen-bond acceptors (Lipinski definition) is 7. The van der Waals surface area contributed by atoms with Crippen molar-refractivity contribution in [1.29, 1.82) is 0 Å². The summed E-state index contributed by atoms with van der Waals surface area (Å²) in [5.74, 6) is 0.0299. The third-order valence-electron chi connectivity index (χ3n) is 5.04. The fourth-order valence-corrected chi connectivity index (χ4v) is 5.37. The zero-order chi connectivity index (χ0) is 22.3. The lowest BCUT2D eigenvalue weighted by Gasteiger charge is -2.15. The van der Waals surface area contributed by atoms with Gasteiger partial charge in [-0.3, -0.25) is 4.72 Å². The van der Waals surface area contributed by atoms with Gasteiger partial charge in [-0.15, -0.1) is 5.10 Å². The first-order chi connectivity index (χ1) is 15.4. The van der Waals surface area contributed by atoms with Crippen molar-refractivity contribution >= 4 is 49.0 Å². The van der Waals surface area contributed by atoms with E-state index in [1.165, 1.54) is 4.68 Å². The molecule has 4 aromatic carbocycles. The Morgan fingerprint density at radius 3 is 2.41 bits per heavy atom. The predicted octanol–water partition coefficient (Wildman–Crippen LogP) is 4.17. The summed E-state index contributed by atoms with van der Waals surface area (Å²) in [6.07, 6.45) is 0. The number of hydrogen-bond donors (Lipinski definition) is 2. The second-order valence-corrected chi connectivity index (χ2v) is 9.81. The fourth-order valence-electron chi connectivity index (χ4n) is 3.44. The summed E-state index contributed by atoms with van der Waals surface area (Å²) in [6.45, 7) is 0. The Hall–Kier alpha value is -3.63. The van der Waals surface area contributed by atoms with Crippen LogP contribution in [-0.4, -0.2) is 33.7 Å². The molecule has 0 atom stereocenters. The molecule has 0 fully saturated rings. The maximum atomic E-state index is 13.2. The highest BCUT2D eigenvalue weighted by atomic mass is 32.2. The molecule has 160 valence electrons. The van der Waals surface area contributed by atoms with Gasteiger partial charge in [0, 0.05) is 17.8 Å². The Balaban J connectivity index is 1.60. The van der Waals surface area contributed by atoms with E-state index in [0.29, 0.717) is 26.5 Å². The third-order valence-corrected chi connectivity index (χ3v) is 7.46. The van der Waals surface area contributed by atoms with Crippen LogP contribution in [0.15, 0.2) is 87.7 Å². The predicted molar refractivity (Wildman–Crippen MR) is 123 cm³/mol. The van der Waals surface area contributed by atoms with Crippen LogP contribution in [0.3, 0.4) is 0 Å². The molecule has 8 nitrogen and oxygen atoms in total. The quantitative estimate of drug-likeness (QED) is 0.376. The molecule has 0 bridgehead atoms. The van der Waals surface area contributed by atoms with E-state index in [1.54, 1.807) is 55.6 Å². The van der Waals surface area contributed by atoms with Gasteiger partial charge in [-0.05, 0) is 51.2 Å². The Bertz CT molecular complexity index is 1580. The van der Waals surface area contributed by atoms with Gasteiger partial charge in [-0.25, -0.2) is 13.1 Å². The summed E-state index contributed by atoms with van der Waals surface area (Å²) in [5, 5.41) is 25.5. The van der Waals surface area contributed by atoms with E-state index in [2.05, 4.69) is 20.2 Å². The summed E-state index contributed by atoms with van der Waals surface area (Å²) in [6, 6.07) is 21.2. The van der Waals surface area contributed by atoms with Gasteiger partial charge in [-0.1, -0.05) is 54.6 Å². The average molecular weight is 464 g/mol. The lowest BCUT2D eigenvalue weighted by molar-refractivity contribution is 0.469. The lowest BCUT2D eigenvalue weighted by atomic mass is 10.1. The van der Waals surface area contributed by atoms with Gasteiger partial charge < -0.3 is 5.11 Å². The number of anilines is 1. The highest BCUT2D eigenvalue weighted by Gasteiger charge is 2.20. The zero-order valence-corrected chi connectivity index (χ0v) is 18.4. The number of sulfonamides is 1. The minimum absolute atomic E-state index is 0.0299. The van der Waals surface area contributed by atoms with E-state index < -0.39 is 10.0 Å². The monoisotopic (exact) mass is 463 g/mol. The second-order valence-electron chi connectivity index (χ2n) is 7.12. The van der Waals surface area contributed by atoms with Crippen LogP contribution < -0.4 is 4.72 Å². The molecule has 0 saturated heterocycles. The van der Waals surface area contributed by atoms with Crippen molar-refractivity contribution in [3.8, 4) is 5.75 Å². The molecule has 1 aromatic heterocycles. The number of phenolic OH excluding ortho intramolecular Hbond substituents is 1. The number of aromatic nitrogens is 4. The van der Waals surface area contributed by atoms with Crippen LogP contribution in [0, 0.1) is 0 Å². The first-order valence-electron chi connectivity index (χ1n) is 9.59. The second kappa shape index (κ2) is 7.81. The van der Waals surface area contributed by atoms with Crippen molar-refractivity contribution in [3.05, 3.63) is 72.8 Å². The molecule has 32 heavy (non-hydrogen) atoms. The molecule has 0 unspecified atom stereocenters. The highest BCUT2D eigenvalue weighted by molar-refractivity contribution is 7.99. The summed E-state index contributed by atoms with van der Waals surface area (Å²) >= 11 is 1.14. The Labute approximate surface area is 187 Å². The van der Waals surface area contributed by atoms with Gasteiger partial charge in [0.2, 0.25) is 5.16 Å². The standard InChI is InChI=1S/C22H17N5O3S2/c1-27-22(23-25-26-27)31-20-13-19(17-8-4-5-9-18(17)21(20)28)24-32(29,30)16-11-10-14-6-2-3-7-15(14)12-16/h2-13,24,28H,1H3. The third kappa shape index (κ3) is 3.63. The largest absolute Gasteiger partial charge is 0.506 e. The summed E-state index contributed by atoms with van der Waals surface area (Å²) in [5.41, 5.74) is 0.351. The van der Waals surface area contributed by atoms with Crippen molar-refractivity contribution in [3.63, 3.8) is 0 Å². The first-order valence-corrected chi connectivity index (χ1v) is 11.9. The summed E-state index contributed by atoms with van der Waals surface area (Å²) in [4.78, 5) is 0.581. The molecule has 10 heteroatoms. The van der Waals surface area contributed by atoms with Crippen molar-refractivity contribution < 1.29 is 13.5 Å². The van der Waals surface area contributed by atoms with Crippen LogP contribution in [0.4, 0.5) is 5.69 Å². The van der Waals surface area contributed by atoms with Crippen LogP contribution in [0.5, 0.6) is 5.75 Å². The minimum Gasteiger partial charge on any atom is -0.506 e. The number of aromatic hydroxyl groups is 1. The molecule has 0 radical (unpaired) electrons. The maximum absolute atomic E-state index is 13.2. The zero-order valence-electron chi connectivity index (χ0n) is 16.8. The van der Waals surface area contributed by atoms with E-state index in [1.807, 2.05) is 24.3 Å². The summed E-state index contributed by atoms with van der Waals surface area (Å²) < 4.78 is 30.6. The van der Waals surface area contributed by atoms with Gasteiger partial charge in [0.15, 0.2) is 0 Å². The van der Waals surface area contributed by atoms with Gasteiger partial charge in [0.05, 0.1) is 15.5 Å². The number of aryl methyl sites for hydroxylation is 1. The van der Waals surface area contributed by atoms with Gasteiger partial charge in [0.25, 0.3) is 10.0 Å². The number of fused-ring (bicyclic) bond motifs is 2. The minimum atomic E-state index is -3.88. The van der Waals surface area contributed by atoms with E-state index in [4.69, 9.17) is 0 Å². The van der Waals surface area contributed by atoms with Crippen molar-refractivity contribution in [2.24, 2.45) is 7.05 Å². The van der Waals surface area contributed by atoms with Gasteiger partial charge in [-0.2, -0.15) is 0 Å². The SMILES string of the molecule is Cn1nnnc1Sc1cc(NS(=O)(=O)c2ccc3ccccc3c2)c2ccccc2c1O. The number of benzene rings is 4. The Kier molecular flexibility index (Phi) is 4.95. The van der Waals surface area contributed by atoms with Gasteiger partial charge >= 0.3 is 0 Å². The molecular formula is C22H17N5O3S2. The first kappa shape index (κ1) is 20.3. The number of nitrogens with one attached hydrogen (secondary N) is 1. The smallest absolute Gasteiger partial charge is 0.261 e. The lowest BCUT2D eigenvalue weighted by Crippen LogP contribution is -2.13. The number of phenols is 1. The topological polar surface area (TPSA) is 110 Å². The van der Waals surface area contributed by atoms with Crippen molar-refractivity contribution in [2.45, 2.75) is 14.9 Å². The van der Waals surface area contributed by atoms with Gasteiger partial charge in [0.1, 0.15) is 5.75 Å². The number of tetrazole rings is 1. The van der Waals surface area contributed by atoms with Crippen LogP contribution in [0.1, 0.15) is 0 Å². The molecule has 0 aliphatic carbocycles. The Morgan fingerprint density at radius 1 is 0.938 bits per heavy atom. The maximum Gasteiger partial charge on any atom is 0.261 e. The molecule has 5 aromatic rings. The number of rotatable bonds is 5. The normalized spacial score (nSPS) is 11.8. The van der Waals surface area contributed by atoms with Crippen LogP contribution in [0.25, 0.3) is 21.5 Å². The molecular weight excluding hydrogens is 446 g/mol. The van der Waals surface area contributed by atoms with E-state index >= 15 is 0 Å². The molecule has 0 aliphatic heterocycles. The molecule has 5 rings (SSSR count). The van der Waals surface area contributed by atoms with E-state index in [0.717, 1.165) is 22.5 Å². The van der Waals surface area contributed by atoms with E-state index in [9.17, 15) is 13.5 Å². The van der Waals surface area contributed by atoms with Crippen molar-refractivity contribution in [1.82, 2.24) is 20.2 Å². The van der Waals surface area contributed by atoms with E-state index in [-0.39, 0.29) is 10.6 Å². The van der Waals surface area contributed by atoms with Crippen LogP contribution in [0.2, 0.25) is 0 Å². The van der Waals surface area contributed by atoms with Crippen molar-refractivity contribution in [2.75, 3.05) is 4.72 Å². The fraction of sp³-hybridized carbons (Fsp3) is 0.0455. The molecule has 0 aliphatic rings. The number of nitrogens with zero attached hydrogens (tertiary/aromatic N) is 4. The average Bonchev–Trinajstić information content (AvgIpc) is 3.20. The van der Waals surface area contributed by atoms with Crippen LogP contribution in [-0.2, 0) is 17.1 Å². The highest BCUT2D eigenvalue weighted by Crippen LogP contribution is 2.42. The molecule has 0 amide bonds. The molecule has 0 saturated carbocycles. The van der Waals surface area contributed by atoms with Crippen LogP contribution >= 0.6 is 11.8 Å².